The Hall–Kier alpha value is -3.40. The lowest BCUT2D eigenvalue weighted by Gasteiger charge is -2.12. The Morgan fingerprint density at radius 1 is 0.912 bits per heavy atom. The number of thioether (sulfide) groups is 1. The fraction of sp³-hybridized carbons (Fsp3) is 0.0833. The van der Waals surface area contributed by atoms with Crippen LogP contribution in [-0.2, 0) is 4.79 Å². The molecule has 0 fully saturated rings. The summed E-state index contributed by atoms with van der Waals surface area (Å²) < 4.78 is 0. The van der Waals surface area contributed by atoms with Crippen LogP contribution in [-0.4, -0.2) is 33.6 Å². The second-order valence-electron chi connectivity index (χ2n) is 7.08. The second kappa shape index (κ2) is 11.6. The fourth-order valence-electron chi connectivity index (χ4n) is 2.83. The molecule has 0 radical (unpaired) electrons. The van der Waals surface area contributed by atoms with E-state index in [-0.39, 0.29) is 33.7 Å². The first-order chi connectivity index (χ1) is 16.2. The van der Waals surface area contributed by atoms with E-state index in [0.717, 1.165) is 16.3 Å². The van der Waals surface area contributed by atoms with Crippen LogP contribution in [0.15, 0.2) is 71.6 Å². The first-order valence-corrected chi connectivity index (χ1v) is 11.7. The maximum absolute atomic E-state index is 12.3. The van der Waals surface area contributed by atoms with Crippen molar-refractivity contribution in [3.05, 3.63) is 82.9 Å². The summed E-state index contributed by atoms with van der Waals surface area (Å²) in [4.78, 5) is 35.7. The molecule has 0 atom stereocenters. The number of halogens is 1. The Bertz CT molecular complexity index is 1250. The standard InChI is InChI=1S/C24H20ClN3O4S2/c1-14(29)15-5-8-17(9-6-15)26-24(33)27-18-3-2-4-19(12-18)34-13-22(30)28-21-11-16(23(31)32)7-10-20(21)25/h2-12H,13H2,1H3,(H,28,30)(H,31,32)(H2,26,27,33). The lowest BCUT2D eigenvalue weighted by atomic mass is 10.1. The van der Waals surface area contributed by atoms with Crippen LogP contribution in [0, 0.1) is 0 Å². The molecule has 0 saturated heterocycles. The van der Waals surface area contributed by atoms with Gasteiger partial charge in [0.2, 0.25) is 5.91 Å². The molecule has 34 heavy (non-hydrogen) atoms. The van der Waals surface area contributed by atoms with Crippen LogP contribution < -0.4 is 16.0 Å². The first-order valence-electron chi connectivity index (χ1n) is 9.96. The summed E-state index contributed by atoms with van der Waals surface area (Å²) in [7, 11) is 0. The minimum absolute atomic E-state index is 0.00729. The van der Waals surface area contributed by atoms with Gasteiger partial charge in [0, 0.05) is 21.8 Å². The first kappa shape index (κ1) is 25.2. The molecule has 0 spiro atoms. The van der Waals surface area contributed by atoms with Crippen molar-refractivity contribution < 1.29 is 19.5 Å². The summed E-state index contributed by atoms with van der Waals surface area (Å²) in [6.45, 7) is 1.51. The highest BCUT2D eigenvalue weighted by atomic mass is 35.5. The number of aromatic carboxylic acids is 1. The molecular weight excluding hydrogens is 494 g/mol. The number of Topliss-reactive ketones (excluding diaryl/α,β-unsaturated/α-hetero) is 1. The van der Waals surface area contributed by atoms with E-state index in [9.17, 15) is 14.4 Å². The minimum atomic E-state index is -1.11. The van der Waals surface area contributed by atoms with E-state index in [1.165, 1.54) is 36.9 Å². The number of carbonyl (C=O) groups is 3. The number of hydrogen-bond donors (Lipinski definition) is 4. The maximum atomic E-state index is 12.3. The molecule has 3 aromatic carbocycles. The molecule has 3 rings (SSSR count). The number of carboxylic acids is 1. The van der Waals surface area contributed by atoms with Crippen LogP contribution in [0.2, 0.25) is 5.02 Å². The SMILES string of the molecule is CC(=O)c1ccc(NC(=S)Nc2cccc(SCC(=O)Nc3cc(C(=O)O)ccc3Cl)c2)cc1. The Morgan fingerprint density at radius 3 is 2.26 bits per heavy atom. The largest absolute Gasteiger partial charge is 0.478 e. The predicted octanol–water partition coefficient (Wildman–Crippen LogP) is 5.78. The molecule has 0 aliphatic rings. The molecule has 4 N–H and O–H groups in total. The number of carboxylic acid groups (broad SMARTS) is 1. The summed E-state index contributed by atoms with van der Waals surface area (Å²) in [6, 6.07) is 18.5. The Labute approximate surface area is 210 Å². The molecule has 3 aromatic rings. The third-order valence-corrected chi connectivity index (χ3v) is 6.03. The number of hydrogen-bond acceptors (Lipinski definition) is 5. The third kappa shape index (κ3) is 7.31. The highest BCUT2D eigenvalue weighted by Gasteiger charge is 2.11. The van der Waals surface area contributed by atoms with Gasteiger partial charge in [0.05, 0.1) is 22.0 Å². The average Bonchev–Trinajstić information content (AvgIpc) is 2.79. The van der Waals surface area contributed by atoms with Crippen molar-refractivity contribution in [1.29, 1.82) is 0 Å². The fourth-order valence-corrected chi connectivity index (χ4v) is 3.99. The number of thiocarbonyl (C=S) groups is 1. The van der Waals surface area contributed by atoms with Gasteiger partial charge in [0.1, 0.15) is 0 Å². The number of benzene rings is 3. The zero-order valence-electron chi connectivity index (χ0n) is 17.9. The van der Waals surface area contributed by atoms with Crippen LogP contribution in [0.4, 0.5) is 17.1 Å². The van der Waals surface area contributed by atoms with Gasteiger partial charge in [-0.2, -0.15) is 0 Å². The van der Waals surface area contributed by atoms with Crippen LogP contribution in [0.5, 0.6) is 0 Å². The van der Waals surface area contributed by atoms with Crippen LogP contribution in [0.25, 0.3) is 0 Å². The molecule has 1 amide bonds. The molecule has 0 bridgehead atoms. The number of amides is 1. The molecule has 0 heterocycles. The average molecular weight is 514 g/mol. The monoisotopic (exact) mass is 513 g/mol. The molecule has 7 nitrogen and oxygen atoms in total. The Morgan fingerprint density at radius 2 is 1.59 bits per heavy atom. The Kier molecular flexibility index (Phi) is 8.64. The van der Waals surface area contributed by atoms with E-state index in [1.54, 1.807) is 24.3 Å². The molecule has 0 saturated carbocycles. The van der Waals surface area contributed by atoms with E-state index in [1.807, 2.05) is 24.3 Å². The van der Waals surface area contributed by atoms with Gasteiger partial charge in [0.15, 0.2) is 10.9 Å². The summed E-state index contributed by atoms with van der Waals surface area (Å²) in [5.74, 6) is -1.33. The zero-order chi connectivity index (χ0) is 24.7. The smallest absolute Gasteiger partial charge is 0.335 e. The molecule has 0 aliphatic carbocycles. The maximum Gasteiger partial charge on any atom is 0.335 e. The highest BCUT2D eigenvalue weighted by molar-refractivity contribution is 8.00. The van der Waals surface area contributed by atoms with Gasteiger partial charge in [-0.25, -0.2) is 4.79 Å². The molecule has 0 unspecified atom stereocenters. The van der Waals surface area contributed by atoms with Crippen LogP contribution in [0.1, 0.15) is 27.6 Å². The van der Waals surface area contributed by atoms with Gasteiger partial charge in [-0.15, -0.1) is 11.8 Å². The quantitative estimate of drug-likeness (QED) is 0.170. The van der Waals surface area contributed by atoms with Crippen molar-refractivity contribution in [2.24, 2.45) is 0 Å². The van der Waals surface area contributed by atoms with Crippen molar-refractivity contribution in [3.63, 3.8) is 0 Å². The lowest BCUT2D eigenvalue weighted by Crippen LogP contribution is -2.19. The Balaban J connectivity index is 1.54. The van der Waals surface area contributed by atoms with Crippen molar-refractivity contribution in [2.45, 2.75) is 11.8 Å². The van der Waals surface area contributed by atoms with Gasteiger partial charge >= 0.3 is 5.97 Å². The predicted molar refractivity (Wildman–Crippen MR) is 140 cm³/mol. The van der Waals surface area contributed by atoms with E-state index < -0.39 is 5.97 Å². The van der Waals surface area contributed by atoms with E-state index in [0.29, 0.717) is 10.7 Å². The normalized spacial score (nSPS) is 10.3. The molecular formula is C24H20ClN3O4S2. The molecule has 174 valence electrons. The lowest BCUT2D eigenvalue weighted by molar-refractivity contribution is -0.113. The molecule has 0 aromatic heterocycles. The topological polar surface area (TPSA) is 108 Å². The van der Waals surface area contributed by atoms with Crippen molar-refractivity contribution in [2.75, 3.05) is 21.7 Å². The second-order valence-corrected chi connectivity index (χ2v) is 8.94. The summed E-state index contributed by atoms with van der Waals surface area (Å²) in [6.07, 6.45) is 0. The summed E-state index contributed by atoms with van der Waals surface area (Å²) in [5.41, 5.74) is 2.38. The molecule has 0 aliphatic heterocycles. The zero-order valence-corrected chi connectivity index (χ0v) is 20.3. The van der Waals surface area contributed by atoms with Crippen LogP contribution in [0.3, 0.4) is 0 Å². The third-order valence-electron chi connectivity index (χ3n) is 4.50. The van der Waals surface area contributed by atoms with Gasteiger partial charge in [0.25, 0.3) is 0 Å². The molecule has 10 heteroatoms. The summed E-state index contributed by atoms with van der Waals surface area (Å²) in [5, 5.41) is 18.5. The number of rotatable bonds is 8. The van der Waals surface area contributed by atoms with E-state index in [2.05, 4.69) is 16.0 Å². The van der Waals surface area contributed by atoms with E-state index in [4.69, 9.17) is 28.9 Å². The van der Waals surface area contributed by atoms with Gasteiger partial charge in [-0.3, -0.25) is 9.59 Å². The van der Waals surface area contributed by atoms with Gasteiger partial charge in [-0.05, 0) is 79.8 Å². The van der Waals surface area contributed by atoms with Crippen molar-refractivity contribution in [3.8, 4) is 0 Å². The van der Waals surface area contributed by atoms with E-state index >= 15 is 0 Å². The number of carbonyl (C=O) groups excluding carboxylic acids is 2. The number of nitrogens with one attached hydrogen (secondary N) is 3. The number of ketones is 1. The minimum Gasteiger partial charge on any atom is -0.478 e. The van der Waals surface area contributed by atoms with Crippen molar-refractivity contribution in [1.82, 2.24) is 0 Å². The van der Waals surface area contributed by atoms with Gasteiger partial charge in [-0.1, -0.05) is 17.7 Å². The van der Waals surface area contributed by atoms with Gasteiger partial charge < -0.3 is 21.1 Å². The van der Waals surface area contributed by atoms with Crippen LogP contribution >= 0.6 is 35.6 Å². The summed E-state index contributed by atoms with van der Waals surface area (Å²) >= 11 is 12.7. The number of anilines is 3. The highest BCUT2D eigenvalue weighted by Crippen LogP contribution is 2.25. The van der Waals surface area contributed by atoms with Crippen molar-refractivity contribution >= 4 is 75.4 Å².